The zero-order valence-corrected chi connectivity index (χ0v) is 20.1. The Kier molecular flexibility index (Phi) is 5.95. The normalized spacial score (nSPS) is 15.9. The lowest BCUT2D eigenvalue weighted by Crippen LogP contribution is -2.37. The van der Waals surface area contributed by atoms with E-state index < -0.39 is 29.2 Å². The number of anilines is 1. The first kappa shape index (κ1) is 23.9. The minimum Gasteiger partial charge on any atom is -0.443 e. The summed E-state index contributed by atoms with van der Waals surface area (Å²) in [6.07, 6.45) is 0.829. The monoisotopic (exact) mass is 497 g/mol. The number of imide groups is 1. The van der Waals surface area contributed by atoms with Crippen molar-refractivity contribution in [1.82, 2.24) is 19.7 Å². The van der Waals surface area contributed by atoms with Gasteiger partial charge in [-0.3, -0.25) is 4.79 Å². The molecule has 1 saturated heterocycles. The number of halogens is 2. The van der Waals surface area contributed by atoms with Crippen LogP contribution >= 0.6 is 0 Å². The first-order valence-electron chi connectivity index (χ1n) is 11.5. The fourth-order valence-corrected chi connectivity index (χ4v) is 4.21. The van der Waals surface area contributed by atoms with Crippen LogP contribution in [0.15, 0.2) is 36.5 Å². The minimum atomic E-state index is -0.829. The molecule has 4 heterocycles. The molecule has 0 atom stereocenters. The summed E-state index contributed by atoms with van der Waals surface area (Å²) in [5, 5.41) is 4.61. The number of ether oxygens (including phenoxy) is 2. The Hall–Kier alpha value is -3.86. The molecule has 2 aliphatic heterocycles. The zero-order chi connectivity index (χ0) is 25.6. The summed E-state index contributed by atoms with van der Waals surface area (Å²) in [6, 6.07) is 6.73. The van der Waals surface area contributed by atoms with Crippen LogP contribution in [0, 0.1) is 11.6 Å². The molecule has 1 fully saturated rings. The van der Waals surface area contributed by atoms with Gasteiger partial charge in [0.2, 0.25) is 0 Å². The molecule has 0 saturated carbocycles. The summed E-state index contributed by atoms with van der Waals surface area (Å²) in [5.41, 5.74) is -0.582. The number of aromatic nitrogens is 3. The SMILES string of the molecule is CC(C)(C)OC(=O)N1Cc2nc(-c3c(F)cccc3F)cc(-n3ccc(N4CCOCC4)n3)c2C1=O. The molecule has 2 amide bonds. The number of amides is 2. The number of nitrogens with zero attached hydrogens (tertiary/aromatic N) is 5. The largest absolute Gasteiger partial charge is 0.443 e. The van der Waals surface area contributed by atoms with Crippen LogP contribution in [0.4, 0.5) is 19.4 Å². The fourth-order valence-electron chi connectivity index (χ4n) is 4.21. The van der Waals surface area contributed by atoms with E-state index in [0.717, 1.165) is 17.0 Å². The average molecular weight is 498 g/mol. The number of carbonyl (C=O) groups excluding carboxylic acids is 2. The van der Waals surface area contributed by atoms with Crippen molar-refractivity contribution in [2.75, 3.05) is 31.2 Å². The Morgan fingerprint density at radius 2 is 1.78 bits per heavy atom. The summed E-state index contributed by atoms with van der Waals surface area (Å²) in [5.74, 6) is -1.55. The lowest BCUT2D eigenvalue weighted by Gasteiger charge is -2.26. The molecule has 0 bridgehead atoms. The summed E-state index contributed by atoms with van der Waals surface area (Å²) in [6.45, 7) is 7.33. The third kappa shape index (κ3) is 4.41. The van der Waals surface area contributed by atoms with Crippen molar-refractivity contribution in [3.63, 3.8) is 0 Å². The molecule has 1 aromatic carbocycles. The van der Waals surface area contributed by atoms with Crippen LogP contribution in [0.5, 0.6) is 0 Å². The van der Waals surface area contributed by atoms with E-state index in [1.807, 2.05) is 4.90 Å². The Morgan fingerprint density at radius 3 is 2.44 bits per heavy atom. The summed E-state index contributed by atoms with van der Waals surface area (Å²) >= 11 is 0. The highest BCUT2D eigenvalue weighted by Crippen LogP contribution is 2.34. The van der Waals surface area contributed by atoms with Crippen LogP contribution in [0.25, 0.3) is 16.9 Å². The van der Waals surface area contributed by atoms with E-state index in [1.165, 1.54) is 16.8 Å². The van der Waals surface area contributed by atoms with Gasteiger partial charge in [0.15, 0.2) is 5.82 Å². The molecular formula is C25H25F2N5O4. The highest BCUT2D eigenvalue weighted by Gasteiger charge is 2.39. The Morgan fingerprint density at radius 1 is 1.08 bits per heavy atom. The van der Waals surface area contributed by atoms with Gasteiger partial charge in [0.1, 0.15) is 17.2 Å². The van der Waals surface area contributed by atoms with Crippen LogP contribution < -0.4 is 4.90 Å². The highest BCUT2D eigenvalue weighted by atomic mass is 19.1. The molecule has 0 aliphatic carbocycles. The summed E-state index contributed by atoms with van der Waals surface area (Å²) in [4.78, 5) is 33.5. The molecule has 0 N–H and O–H groups in total. The van der Waals surface area contributed by atoms with Crippen LogP contribution in [-0.4, -0.2) is 63.6 Å². The number of hydrogen-bond acceptors (Lipinski definition) is 7. The summed E-state index contributed by atoms with van der Waals surface area (Å²) < 4.78 is 41.6. The minimum absolute atomic E-state index is 0.0124. The number of hydrogen-bond donors (Lipinski definition) is 0. The molecular weight excluding hydrogens is 472 g/mol. The third-order valence-electron chi connectivity index (χ3n) is 5.83. The van der Waals surface area contributed by atoms with Gasteiger partial charge in [0, 0.05) is 25.4 Å². The van der Waals surface area contributed by atoms with Gasteiger partial charge in [-0.05, 0) is 39.0 Å². The van der Waals surface area contributed by atoms with Gasteiger partial charge in [0.25, 0.3) is 5.91 Å². The number of benzene rings is 1. The molecule has 3 aromatic rings. The van der Waals surface area contributed by atoms with E-state index in [1.54, 1.807) is 33.0 Å². The molecule has 5 rings (SSSR count). The fraction of sp³-hybridized carbons (Fsp3) is 0.360. The molecule has 0 radical (unpaired) electrons. The van der Waals surface area contributed by atoms with Gasteiger partial charge < -0.3 is 14.4 Å². The van der Waals surface area contributed by atoms with Crippen molar-refractivity contribution in [3.05, 3.63) is 59.4 Å². The van der Waals surface area contributed by atoms with Gasteiger partial charge in [-0.25, -0.2) is 28.1 Å². The van der Waals surface area contributed by atoms with Crippen molar-refractivity contribution >= 4 is 17.8 Å². The second-order valence-electron chi connectivity index (χ2n) is 9.53. The first-order valence-corrected chi connectivity index (χ1v) is 11.5. The molecule has 9 nitrogen and oxygen atoms in total. The highest BCUT2D eigenvalue weighted by molar-refractivity contribution is 6.08. The van der Waals surface area contributed by atoms with Gasteiger partial charge in [-0.15, -0.1) is 0 Å². The average Bonchev–Trinajstić information content (AvgIpc) is 3.43. The van der Waals surface area contributed by atoms with E-state index in [2.05, 4.69) is 10.1 Å². The smallest absolute Gasteiger partial charge is 0.417 e. The molecule has 0 unspecified atom stereocenters. The van der Waals surface area contributed by atoms with Crippen molar-refractivity contribution in [2.45, 2.75) is 32.9 Å². The van der Waals surface area contributed by atoms with E-state index in [-0.39, 0.29) is 34.7 Å². The number of rotatable bonds is 3. The van der Waals surface area contributed by atoms with Crippen molar-refractivity contribution < 1.29 is 27.8 Å². The van der Waals surface area contributed by atoms with Gasteiger partial charge in [-0.1, -0.05) is 6.07 Å². The maximum absolute atomic E-state index is 14.7. The van der Waals surface area contributed by atoms with E-state index in [4.69, 9.17) is 9.47 Å². The standard InChI is InChI=1S/C25H25F2N5O4/c1-25(2,3)36-24(34)31-14-18-22(23(31)33)19(13-17(28-18)21-15(26)5-4-6-16(21)27)32-8-7-20(29-32)30-9-11-35-12-10-30/h4-8,13H,9-12,14H2,1-3H3. The molecule has 36 heavy (non-hydrogen) atoms. The number of carbonyl (C=O) groups is 2. The topological polar surface area (TPSA) is 89.8 Å². The van der Waals surface area contributed by atoms with Crippen LogP contribution in [0.1, 0.15) is 36.8 Å². The zero-order valence-electron chi connectivity index (χ0n) is 20.1. The predicted molar refractivity (Wildman–Crippen MR) is 126 cm³/mol. The van der Waals surface area contributed by atoms with Gasteiger partial charge >= 0.3 is 6.09 Å². The van der Waals surface area contributed by atoms with Crippen molar-refractivity contribution in [1.29, 1.82) is 0 Å². The summed E-state index contributed by atoms with van der Waals surface area (Å²) in [7, 11) is 0. The Balaban J connectivity index is 1.62. The second kappa shape index (κ2) is 8.98. The lowest BCUT2D eigenvalue weighted by molar-refractivity contribution is 0.0247. The molecule has 0 spiro atoms. The van der Waals surface area contributed by atoms with Crippen molar-refractivity contribution in [2.24, 2.45) is 0 Å². The first-order chi connectivity index (χ1) is 17.1. The second-order valence-corrected chi connectivity index (χ2v) is 9.53. The maximum atomic E-state index is 14.7. The van der Waals surface area contributed by atoms with E-state index >= 15 is 0 Å². The molecule has 2 aromatic heterocycles. The van der Waals surface area contributed by atoms with Crippen LogP contribution in [0.2, 0.25) is 0 Å². The Bertz CT molecular complexity index is 1320. The van der Waals surface area contributed by atoms with Crippen LogP contribution in [0.3, 0.4) is 0 Å². The molecule has 11 heteroatoms. The van der Waals surface area contributed by atoms with Gasteiger partial charge in [0.05, 0.1) is 48.0 Å². The molecule has 188 valence electrons. The van der Waals surface area contributed by atoms with Crippen LogP contribution in [-0.2, 0) is 16.0 Å². The van der Waals surface area contributed by atoms with Gasteiger partial charge in [-0.2, -0.15) is 5.10 Å². The van der Waals surface area contributed by atoms with Crippen molar-refractivity contribution in [3.8, 4) is 16.9 Å². The molecule has 2 aliphatic rings. The third-order valence-corrected chi connectivity index (χ3v) is 5.83. The van der Waals surface area contributed by atoms with E-state index in [9.17, 15) is 18.4 Å². The lowest BCUT2D eigenvalue weighted by atomic mass is 10.1. The quantitative estimate of drug-likeness (QED) is 0.542. The number of fused-ring (bicyclic) bond motifs is 1. The predicted octanol–water partition coefficient (Wildman–Crippen LogP) is 3.94. The Labute approximate surface area is 206 Å². The van der Waals surface area contributed by atoms with E-state index in [0.29, 0.717) is 32.1 Å². The number of pyridine rings is 1. The number of morpholine rings is 1. The maximum Gasteiger partial charge on any atom is 0.417 e.